The fourth-order valence-electron chi connectivity index (χ4n) is 1.61. The predicted octanol–water partition coefficient (Wildman–Crippen LogP) is 1.68. The fourth-order valence-corrected chi connectivity index (χ4v) is 2.35. The van der Waals surface area contributed by atoms with Crippen LogP contribution < -0.4 is 10.2 Å². The Kier molecular flexibility index (Phi) is 5.46. The molecule has 3 nitrogen and oxygen atoms in total. The summed E-state index contributed by atoms with van der Waals surface area (Å²) in [5.41, 5.74) is 0.397. The Hall–Kier alpha value is -1.50. The smallest absolute Gasteiger partial charge is 0.488 e. The van der Waals surface area contributed by atoms with E-state index >= 15 is 0 Å². The summed E-state index contributed by atoms with van der Waals surface area (Å²) in [5.74, 6) is 1.07. The van der Waals surface area contributed by atoms with E-state index < -0.39 is 7.12 Å². The lowest BCUT2D eigenvalue weighted by atomic mass is 9.80. The van der Waals surface area contributed by atoms with Crippen molar-refractivity contribution in [1.29, 1.82) is 0 Å². The van der Waals surface area contributed by atoms with Gasteiger partial charge in [0.1, 0.15) is 11.6 Å². The Morgan fingerprint density at radius 1 is 1.10 bits per heavy atom. The molecule has 0 amide bonds. The maximum absolute atomic E-state index is 12.7. The van der Waals surface area contributed by atoms with Crippen LogP contribution in [0.5, 0.6) is 5.75 Å². The van der Waals surface area contributed by atoms with Gasteiger partial charge >= 0.3 is 7.12 Å². The zero-order valence-electron chi connectivity index (χ0n) is 10.7. The first-order valence-electron chi connectivity index (χ1n) is 6.12. The Morgan fingerprint density at radius 3 is 2.55 bits per heavy atom. The van der Waals surface area contributed by atoms with E-state index in [9.17, 15) is 4.39 Å². The molecule has 0 aliphatic carbocycles. The van der Waals surface area contributed by atoms with E-state index in [1.54, 1.807) is 48.2 Å². The number of ether oxygens (including phenoxy) is 1. The van der Waals surface area contributed by atoms with Crippen molar-refractivity contribution in [3.8, 4) is 5.75 Å². The lowest BCUT2D eigenvalue weighted by Gasteiger charge is -2.07. The molecule has 2 rings (SSSR count). The SMILES string of the molecule is OB(O)c1cccc(OCCSc2ccc(F)cc2)c1. The summed E-state index contributed by atoms with van der Waals surface area (Å²) in [6.07, 6.45) is 0. The minimum Gasteiger partial charge on any atom is -0.493 e. The van der Waals surface area contributed by atoms with E-state index in [4.69, 9.17) is 14.8 Å². The van der Waals surface area contributed by atoms with Crippen molar-refractivity contribution in [2.45, 2.75) is 4.90 Å². The molecule has 0 atom stereocenters. The summed E-state index contributed by atoms with van der Waals surface area (Å²) in [7, 11) is -1.49. The van der Waals surface area contributed by atoms with Crippen LogP contribution in [0.15, 0.2) is 53.4 Å². The standard InChI is InChI=1S/C14H14BFO3S/c16-12-4-6-14(7-5-12)20-9-8-19-13-3-1-2-11(10-13)15(17)18/h1-7,10,17-18H,8-9H2. The average molecular weight is 292 g/mol. The molecule has 0 bridgehead atoms. The third-order valence-corrected chi connectivity index (χ3v) is 3.57. The van der Waals surface area contributed by atoms with Crippen molar-refractivity contribution in [3.05, 3.63) is 54.3 Å². The van der Waals surface area contributed by atoms with Gasteiger partial charge in [0.05, 0.1) is 6.61 Å². The first-order valence-corrected chi connectivity index (χ1v) is 7.11. The van der Waals surface area contributed by atoms with Crippen LogP contribution in [0.4, 0.5) is 4.39 Å². The third kappa shape index (κ3) is 4.56. The molecule has 0 saturated carbocycles. The van der Waals surface area contributed by atoms with Gasteiger partial charge in [0.2, 0.25) is 0 Å². The molecule has 2 N–H and O–H groups in total. The van der Waals surface area contributed by atoms with Crippen LogP contribution in [-0.2, 0) is 0 Å². The molecule has 104 valence electrons. The quantitative estimate of drug-likeness (QED) is 0.483. The number of thioether (sulfide) groups is 1. The highest BCUT2D eigenvalue weighted by atomic mass is 32.2. The number of halogens is 1. The Bertz CT molecular complexity index is 548. The van der Waals surface area contributed by atoms with Crippen LogP contribution in [0.2, 0.25) is 0 Å². The van der Waals surface area contributed by atoms with Gasteiger partial charge in [-0.1, -0.05) is 12.1 Å². The molecule has 6 heteroatoms. The summed E-state index contributed by atoms with van der Waals surface area (Å²) >= 11 is 1.57. The van der Waals surface area contributed by atoms with Gasteiger partial charge < -0.3 is 14.8 Å². The lowest BCUT2D eigenvalue weighted by molar-refractivity contribution is 0.344. The van der Waals surface area contributed by atoms with Crippen molar-refractivity contribution >= 4 is 24.3 Å². The Balaban J connectivity index is 1.78. The van der Waals surface area contributed by atoms with Crippen LogP contribution in [0.3, 0.4) is 0 Å². The maximum atomic E-state index is 12.7. The highest BCUT2D eigenvalue weighted by Crippen LogP contribution is 2.18. The molecule has 0 saturated heterocycles. The molecule has 2 aromatic rings. The van der Waals surface area contributed by atoms with E-state index in [-0.39, 0.29) is 5.82 Å². The molecule has 0 spiro atoms. The fraction of sp³-hybridized carbons (Fsp3) is 0.143. The molecule has 0 aliphatic rings. The lowest BCUT2D eigenvalue weighted by Crippen LogP contribution is -2.29. The molecular weight excluding hydrogens is 278 g/mol. The van der Waals surface area contributed by atoms with Gasteiger partial charge in [-0.3, -0.25) is 0 Å². The van der Waals surface area contributed by atoms with E-state index in [0.717, 1.165) is 10.6 Å². The zero-order valence-corrected chi connectivity index (χ0v) is 11.5. The molecule has 0 aromatic heterocycles. The molecule has 0 unspecified atom stereocenters. The van der Waals surface area contributed by atoms with E-state index in [0.29, 0.717) is 17.8 Å². The van der Waals surface area contributed by atoms with Crippen molar-refractivity contribution in [2.75, 3.05) is 12.4 Å². The molecular formula is C14H14BFO3S. The molecule has 0 heterocycles. The van der Waals surface area contributed by atoms with E-state index in [2.05, 4.69) is 0 Å². The van der Waals surface area contributed by atoms with E-state index in [1.165, 1.54) is 12.1 Å². The molecule has 20 heavy (non-hydrogen) atoms. The zero-order chi connectivity index (χ0) is 14.4. The van der Waals surface area contributed by atoms with Crippen LogP contribution in [0.25, 0.3) is 0 Å². The summed E-state index contributed by atoms with van der Waals surface area (Å²) < 4.78 is 18.2. The average Bonchev–Trinajstić information content (AvgIpc) is 2.46. The van der Waals surface area contributed by atoms with Gasteiger partial charge in [0, 0.05) is 10.6 Å². The van der Waals surface area contributed by atoms with Gasteiger partial charge in [-0.05, 0) is 41.9 Å². The van der Waals surface area contributed by atoms with Crippen molar-refractivity contribution < 1.29 is 19.2 Å². The summed E-state index contributed by atoms with van der Waals surface area (Å²) in [4.78, 5) is 0.981. The van der Waals surface area contributed by atoms with E-state index in [1.807, 2.05) is 0 Å². The second-order valence-electron chi connectivity index (χ2n) is 4.10. The number of hydrogen-bond donors (Lipinski definition) is 2. The normalized spacial score (nSPS) is 10.3. The molecule has 0 fully saturated rings. The highest BCUT2D eigenvalue weighted by molar-refractivity contribution is 7.99. The number of benzene rings is 2. The Morgan fingerprint density at radius 2 is 1.85 bits per heavy atom. The topological polar surface area (TPSA) is 49.7 Å². The largest absolute Gasteiger partial charge is 0.493 e. The minimum atomic E-state index is -1.49. The molecule has 2 aromatic carbocycles. The Labute approximate surface area is 121 Å². The monoisotopic (exact) mass is 292 g/mol. The van der Waals surface area contributed by atoms with Crippen LogP contribution in [-0.4, -0.2) is 29.5 Å². The van der Waals surface area contributed by atoms with Gasteiger partial charge in [-0.25, -0.2) is 4.39 Å². The minimum absolute atomic E-state index is 0.245. The van der Waals surface area contributed by atoms with Crippen LogP contribution >= 0.6 is 11.8 Å². The highest BCUT2D eigenvalue weighted by Gasteiger charge is 2.10. The van der Waals surface area contributed by atoms with Crippen molar-refractivity contribution in [3.63, 3.8) is 0 Å². The van der Waals surface area contributed by atoms with Gasteiger partial charge in [-0.2, -0.15) is 0 Å². The molecule has 0 radical (unpaired) electrons. The number of hydrogen-bond acceptors (Lipinski definition) is 4. The second kappa shape index (κ2) is 7.33. The maximum Gasteiger partial charge on any atom is 0.488 e. The van der Waals surface area contributed by atoms with Gasteiger partial charge in [0.25, 0.3) is 0 Å². The number of rotatable bonds is 6. The van der Waals surface area contributed by atoms with Crippen molar-refractivity contribution in [1.82, 2.24) is 0 Å². The first kappa shape index (κ1) is 14.9. The van der Waals surface area contributed by atoms with Crippen molar-refractivity contribution in [2.24, 2.45) is 0 Å². The second-order valence-corrected chi connectivity index (χ2v) is 5.27. The molecule has 0 aliphatic heterocycles. The van der Waals surface area contributed by atoms with Crippen LogP contribution in [0.1, 0.15) is 0 Å². The van der Waals surface area contributed by atoms with Crippen LogP contribution in [0, 0.1) is 5.82 Å². The summed E-state index contributed by atoms with van der Waals surface area (Å²) in [5, 5.41) is 18.1. The summed E-state index contributed by atoms with van der Waals surface area (Å²) in [6, 6.07) is 13.0. The first-order chi connectivity index (χ1) is 9.65. The summed E-state index contributed by atoms with van der Waals surface area (Å²) in [6.45, 7) is 0.479. The predicted molar refractivity (Wildman–Crippen MR) is 78.9 cm³/mol. The van der Waals surface area contributed by atoms with Gasteiger partial charge in [-0.15, -0.1) is 11.8 Å². The van der Waals surface area contributed by atoms with Gasteiger partial charge in [0.15, 0.2) is 0 Å². The third-order valence-electron chi connectivity index (χ3n) is 2.59.